The molecular weight excluding hydrogens is 152 g/mol. The van der Waals surface area contributed by atoms with E-state index in [-0.39, 0.29) is 0 Å². The summed E-state index contributed by atoms with van der Waals surface area (Å²) in [6, 6.07) is 0. The Morgan fingerprint density at radius 3 is 1.73 bits per heavy atom. The fraction of sp³-hybridized carbons (Fsp3) is 0.900. The van der Waals surface area contributed by atoms with Gasteiger partial charge in [0.25, 0.3) is 0 Å². The van der Waals surface area contributed by atoms with Crippen molar-refractivity contribution in [2.45, 2.75) is 40.5 Å². The minimum atomic E-state index is 0.462. The van der Waals surface area contributed by atoms with Crippen LogP contribution in [-0.4, -0.2) is 4.86 Å². The van der Waals surface area contributed by atoms with Crippen LogP contribution in [0.15, 0.2) is 0 Å². The first-order valence-corrected chi connectivity index (χ1v) is 4.96. The summed E-state index contributed by atoms with van der Waals surface area (Å²) >= 11 is 5.45. The van der Waals surface area contributed by atoms with Gasteiger partial charge in [0.2, 0.25) is 0 Å². The van der Waals surface area contributed by atoms with Gasteiger partial charge in [-0.2, -0.15) is 0 Å². The van der Waals surface area contributed by atoms with E-state index in [1.54, 1.807) is 0 Å². The second kappa shape index (κ2) is 2.85. The first-order valence-electron chi connectivity index (χ1n) is 4.55. The van der Waals surface area contributed by atoms with Gasteiger partial charge in [-0.15, -0.1) is 0 Å². The molecule has 1 fully saturated rings. The van der Waals surface area contributed by atoms with Crippen LogP contribution in [0.4, 0.5) is 0 Å². The summed E-state index contributed by atoms with van der Waals surface area (Å²) in [4.78, 5) is 1.31. The maximum absolute atomic E-state index is 5.45. The van der Waals surface area contributed by atoms with Crippen LogP contribution in [0.2, 0.25) is 0 Å². The number of hydrogen-bond donors (Lipinski definition) is 0. The predicted molar refractivity (Wildman–Crippen MR) is 53.9 cm³/mol. The van der Waals surface area contributed by atoms with Gasteiger partial charge in [0, 0.05) is 10.3 Å². The molecule has 1 aliphatic rings. The molecule has 1 saturated carbocycles. The number of rotatable bonds is 3. The number of thiocarbonyl (C=S) groups is 1. The number of hydrogen-bond acceptors (Lipinski definition) is 1. The lowest BCUT2D eigenvalue weighted by molar-refractivity contribution is 0.468. The molecule has 0 N–H and O–H groups in total. The van der Waals surface area contributed by atoms with Crippen LogP contribution >= 0.6 is 12.2 Å². The molecule has 0 spiro atoms. The lowest BCUT2D eigenvalue weighted by Crippen LogP contribution is -2.24. The molecule has 11 heavy (non-hydrogen) atoms. The van der Waals surface area contributed by atoms with E-state index in [4.69, 9.17) is 12.2 Å². The van der Waals surface area contributed by atoms with Crippen LogP contribution in [0.25, 0.3) is 0 Å². The molecule has 1 heteroatoms. The van der Waals surface area contributed by atoms with Crippen LogP contribution < -0.4 is 0 Å². The third-order valence-corrected chi connectivity index (χ3v) is 3.79. The van der Waals surface area contributed by atoms with Gasteiger partial charge < -0.3 is 0 Å². The Morgan fingerprint density at radius 1 is 1.18 bits per heavy atom. The standard InChI is InChI=1S/C10H18S/c1-7(2)9(11)10(5-6-10)8(3)4/h7-8H,5-6H2,1-4H3. The Bertz CT molecular complexity index is 164. The van der Waals surface area contributed by atoms with E-state index in [0.717, 1.165) is 5.92 Å². The molecule has 0 atom stereocenters. The summed E-state index contributed by atoms with van der Waals surface area (Å²) in [6.07, 6.45) is 2.67. The van der Waals surface area contributed by atoms with Gasteiger partial charge >= 0.3 is 0 Å². The van der Waals surface area contributed by atoms with Crippen LogP contribution in [-0.2, 0) is 0 Å². The minimum absolute atomic E-state index is 0.462. The second-order valence-electron chi connectivity index (χ2n) is 4.33. The summed E-state index contributed by atoms with van der Waals surface area (Å²) in [6.45, 7) is 9.01. The Balaban J connectivity index is 2.66. The largest absolute Gasteiger partial charge is 0.0888 e. The molecule has 64 valence electrons. The van der Waals surface area contributed by atoms with Gasteiger partial charge in [-0.3, -0.25) is 0 Å². The van der Waals surface area contributed by atoms with Crippen molar-refractivity contribution in [3.05, 3.63) is 0 Å². The molecule has 0 aromatic carbocycles. The lowest BCUT2D eigenvalue weighted by Gasteiger charge is -2.23. The average molecular weight is 170 g/mol. The normalized spacial score (nSPS) is 20.9. The second-order valence-corrected chi connectivity index (χ2v) is 4.77. The fourth-order valence-electron chi connectivity index (χ4n) is 1.82. The summed E-state index contributed by atoms with van der Waals surface area (Å²) in [7, 11) is 0. The minimum Gasteiger partial charge on any atom is -0.0888 e. The van der Waals surface area contributed by atoms with E-state index < -0.39 is 0 Å². The fourth-order valence-corrected chi connectivity index (χ4v) is 2.26. The van der Waals surface area contributed by atoms with Crippen molar-refractivity contribution >= 4 is 17.1 Å². The Morgan fingerprint density at radius 2 is 1.64 bits per heavy atom. The highest BCUT2D eigenvalue weighted by molar-refractivity contribution is 7.80. The topological polar surface area (TPSA) is 0 Å². The molecule has 0 heterocycles. The van der Waals surface area contributed by atoms with Gasteiger partial charge in [-0.25, -0.2) is 0 Å². The SMILES string of the molecule is CC(C)C(=S)C1(C(C)C)CC1. The molecular formula is C10H18S. The molecule has 0 aromatic heterocycles. The molecule has 0 radical (unpaired) electrons. The Hall–Kier alpha value is 0.0900. The third-order valence-electron chi connectivity index (χ3n) is 2.91. The van der Waals surface area contributed by atoms with Crippen molar-refractivity contribution in [2.24, 2.45) is 17.3 Å². The lowest BCUT2D eigenvalue weighted by atomic mass is 9.84. The van der Waals surface area contributed by atoms with Gasteiger partial charge in [0.05, 0.1) is 0 Å². The average Bonchev–Trinajstić information content (AvgIpc) is 2.65. The predicted octanol–water partition coefficient (Wildman–Crippen LogP) is 3.45. The van der Waals surface area contributed by atoms with E-state index in [2.05, 4.69) is 27.7 Å². The third kappa shape index (κ3) is 1.48. The summed E-state index contributed by atoms with van der Waals surface area (Å²) in [5.41, 5.74) is 0.462. The van der Waals surface area contributed by atoms with E-state index >= 15 is 0 Å². The van der Waals surface area contributed by atoms with Crippen molar-refractivity contribution < 1.29 is 0 Å². The van der Waals surface area contributed by atoms with E-state index in [9.17, 15) is 0 Å². The quantitative estimate of drug-likeness (QED) is 0.585. The molecule has 0 aromatic rings. The van der Waals surface area contributed by atoms with Crippen molar-refractivity contribution in [1.29, 1.82) is 0 Å². The highest BCUT2D eigenvalue weighted by Crippen LogP contribution is 2.54. The van der Waals surface area contributed by atoms with Crippen LogP contribution in [0.5, 0.6) is 0 Å². The van der Waals surface area contributed by atoms with Crippen LogP contribution in [0.1, 0.15) is 40.5 Å². The molecule has 0 aliphatic heterocycles. The zero-order valence-electron chi connectivity index (χ0n) is 7.98. The van der Waals surface area contributed by atoms with Gasteiger partial charge in [0.15, 0.2) is 0 Å². The zero-order chi connectivity index (χ0) is 8.65. The van der Waals surface area contributed by atoms with Gasteiger partial charge in [-0.05, 0) is 24.7 Å². The van der Waals surface area contributed by atoms with Crippen LogP contribution in [0, 0.1) is 17.3 Å². The summed E-state index contributed by atoms with van der Waals surface area (Å²) in [5, 5.41) is 0. The summed E-state index contributed by atoms with van der Waals surface area (Å²) in [5.74, 6) is 1.34. The molecule has 0 bridgehead atoms. The Kier molecular flexibility index (Phi) is 2.38. The first kappa shape index (κ1) is 9.18. The molecule has 1 rings (SSSR count). The van der Waals surface area contributed by atoms with Crippen LogP contribution in [0.3, 0.4) is 0 Å². The van der Waals surface area contributed by atoms with E-state index in [1.807, 2.05) is 0 Å². The van der Waals surface area contributed by atoms with Gasteiger partial charge in [-0.1, -0.05) is 39.9 Å². The first-order chi connectivity index (χ1) is 5.00. The highest BCUT2D eigenvalue weighted by atomic mass is 32.1. The zero-order valence-corrected chi connectivity index (χ0v) is 8.79. The van der Waals surface area contributed by atoms with Gasteiger partial charge in [0.1, 0.15) is 0 Å². The van der Waals surface area contributed by atoms with Crippen molar-refractivity contribution in [1.82, 2.24) is 0 Å². The highest BCUT2D eigenvalue weighted by Gasteiger charge is 2.49. The smallest absolute Gasteiger partial charge is 0.00428 e. The molecule has 0 saturated heterocycles. The monoisotopic (exact) mass is 170 g/mol. The molecule has 0 nitrogen and oxygen atoms in total. The Labute approximate surface area is 75.4 Å². The maximum atomic E-state index is 5.45. The molecule has 1 aliphatic carbocycles. The van der Waals surface area contributed by atoms with Crippen molar-refractivity contribution in [2.75, 3.05) is 0 Å². The molecule has 0 unspecified atom stereocenters. The maximum Gasteiger partial charge on any atom is 0.00428 e. The van der Waals surface area contributed by atoms with E-state index in [1.165, 1.54) is 17.7 Å². The van der Waals surface area contributed by atoms with Crippen molar-refractivity contribution in [3.63, 3.8) is 0 Å². The molecule has 0 amide bonds. The van der Waals surface area contributed by atoms with Crippen molar-refractivity contribution in [3.8, 4) is 0 Å². The summed E-state index contributed by atoms with van der Waals surface area (Å²) < 4.78 is 0. The van der Waals surface area contributed by atoms with E-state index in [0.29, 0.717) is 11.3 Å².